The van der Waals surface area contributed by atoms with Crippen LogP contribution in [0.2, 0.25) is 0 Å². The van der Waals surface area contributed by atoms with Gasteiger partial charge in [-0.1, -0.05) is 11.6 Å². The second-order valence-corrected chi connectivity index (χ2v) is 6.50. The minimum Gasteiger partial charge on any atom is -0.358 e. The third-order valence-corrected chi connectivity index (χ3v) is 4.76. The van der Waals surface area contributed by atoms with Crippen molar-refractivity contribution in [3.8, 4) is 0 Å². The van der Waals surface area contributed by atoms with Gasteiger partial charge in [0, 0.05) is 55.2 Å². The van der Waals surface area contributed by atoms with Crippen molar-refractivity contribution in [2.24, 2.45) is 0 Å². The van der Waals surface area contributed by atoms with Crippen LogP contribution in [0.5, 0.6) is 0 Å². The summed E-state index contributed by atoms with van der Waals surface area (Å²) in [7, 11) is 0. The minimum absolute atomic E-state index is 0.1000. The molecule has 25 heavy (non-hydrogen) atoms. The van der Waals surface area contributed by atoms with Gasteiger partial charge in [-0.25, -0.2) is 9.97 Å². The maximum Gasteiger partial charge on any atom is 0.256 e. The Labute approximate surface area is 146 Å². The zero-order valence-electron chi connectivity index (χ0n) is 14.5. The molecule has 6 heteroatoms. The molecule has 4 rings (SSSR count). The number of benzene rings is 1. The lowest BCUT2D eigenvalue weighted by atomic mass is 10.1. The van der Waals surface area contributed by atoms with Gasteiger partial charge in [0.15, 0.2) is 0 Å². The van der Waals surface area contributed by atoms with Crippen LogP contribution >= 0.6 is 0 Å². The van der Waals surface area contributed by atoms with Crippen LogP contribution in [-0.4, -0.2) is 51.9 Å². The molecular formula is C19H21N5O. The largest absolute Gasteiger partial charge is 0.358 e. The van der Waals surface area contributed by atoms with E-state index in [-0.39, 0.29) is 5.91 Å². The Morgan fingerprint density at radius 2 is 1.80 bits per heavy atom. The highest BCUT2D eigenvalue weighted by Gasteiger charge is 2.26. The molecule has 0 radical (unpaired) electrons. The number of H-pyrrole nitrogens is 1. The van der Waals surface area contributed by atoms with Crippen molar-refractivity contribution in [1.82, 2.24) is 19.9 Å². The number of anilines is 1. The number of piperazine rings is 1. The van der Waals surface area contributed by atoms with Gasteiger partial charge in [-0.05, 0) is 32.0 Å². The molecule has 3 heterocycles. The van der Waals surface area contributed by atoms with E-state index in [1.807, 2.05) is 24.0 Å². The van der Waals surface area contributed by atoms with Crippen LogP contribution in [0, 0.1) is 13.8 Å². The number of rotatable bonds is 2. The molecule has 3 aromatic rings. The van der Waals surface area contributed by atoms with E-state index in [1.54, 1.807) is 12.4 Å². The lowest BCUT2D eigenvalue weighted by Crippen LogP contribution is -2.49. The fourth-order valence-electron chi connectivity index (χ4n) is 3.44. The van der Waals surface area contributed by atoms with Crippen molar-refractivity contribution >= 4 is 22.8 Å². The SMILES string of the molecule is Cc1ccc2[nH]c(C)c(C(=O)N3CCN(c4ncccn4)CC3)c2c1. The first-order valence-corrected chi connectivity index (χ1v) is 8.53. The summed E-state index contributed by atoms with van der Waals surface area (Å²) < 4.78 is 0. The Hall–Kier alpha value is -2.89. The summed E-state index contributed by atoms with van der Waals surface area (Å²) >= 11 is 0. The molecule has 1 saturated heterocycles. The molecule has 0 aliphatic carbocycles. The van der Waals surface area contributed by atoms with E-state index >= 15 is 0 Å². The van der Waals surface area contributed by atoms with Crippen molar-refractivity contribution in [1.29, 1.82) is 0 Å². The van der Waals surface area contributed by atoms with E-state index in [0.29, 0.717) is 13.1 Å². The molecule has 0 spiro atoms. The number of hydrogen-bond acceptors (Lipinski definition) is 4. The minimum atomic E-state index is 0.1000. The highest BCUT2D eigenvalue weighted by Crippen LogP contribution is 2.25. The number of nitrogens with one attached hydrogen (secondary N) is 1. The number of carbonyl (C=O) groups excluding carboxylic acids is 1. The molecule has 1 N–H and O–H groups in total. The molecule has 1 fully saturated rings. The quantitative estimate of drug-likeness (QED) is 0.782. The summed E-state index contributed by atoms with van der Waals surface area (Å²) in [4.78, 5) is 29.1. The monoisotopic (exact) mass is 335 g/mol. The van der Waals surface area contributed by atoms with Gasteiger partial charge in [0.2, 0.25) is 5.95 Å². The first kappa shape index (κ1) is 15.6. The van der Waals surface area contributed by atoms with E-state index in [4.69, 9.17) is 0 Å². The van der Waals surface area contributed by atoms with E-state index in [9.17, 15) is 4.79 Å². The van der Waals surface area contributed by atoms with Gasteiger partial charge in [-0.2, -0.15) is 0 Å². The van der Waals surface area contributed by atoms with Gasteiger partial charge in [-0.15, -0.1) is 0 Å². The average molecular weight is 335 g/mol. The zero-order chi connectivity index (χ0) is 17.4. The number of nitrogens with zero attached hydrogens (tertiary/aromatic N) is 4. The fraction of sp³-hybridized carbons (Fsp3) is 0.316. The van der Waals surface area contributed by atoms with Crippen LogP contribution in [0.25, 0.3) is 10.9 Å². The molecule has 0 saturated carbocycles. The van der Waals surface area contributed by atoms with Gasteiger partial charge in [-0.3, -0.25) is 4.79 Å². The standard InChI is InChI=1S/C19H21N5O/c1-13-4-5-16-15(12-13)17(14(2)22-16)18(25)23-8-10-24(11-9-23)19-20-6-3-7-21-19/h3-7,12,22H,8-11H2,1-2H3. The molecule has 1 aromatic carbocycles. The highest BCUT2D eigenvalue weighted by molar-refractivity contribution is 6.08. The number of hydrogen-bond donors (Lipinski definition) is 1. The molecule has 6 nitrogen and oxygen atoms in total. The smallest absolute Gasteiger partial charge is 0.256 e. The van der Waals surface area contributed by atoms with Crippen LogP contribution in [0.4, 0.5) is 5.95 Å². The Morgan fingerprint density at radius 3 is 2.52 bits per heavy atom. The number of amides is 1. The summed E-state index contributed by atoms with van der Waals surface area (Å²) in [6.07, 6.45) is 3.50. The maximum absolute atomic E-state index is 13.1. The molecule has 0 atom stereocenters. The molecule has 1 aliphatic heterocycles. The van der Waals surface area contributed by atoms with E-state index < -0.39 is 0 Å². The van der Waals surface area contributed by atoms with Crippen LogP contribution < -0.4 is 4.90 Å². The lowest BCUT2D eigenvalue weighted by Gasteiger charge is -2.34. The molecule has 2 aromatic heterocycles. The van der Waals surface area contributed by atoms with Gasteiger partial charge < -0.3 is 14.8 Å². The van der Waals surface area contributed by atoms with Crippen molar-refractivity contribution < 1.29 is 4.79 Å². The first-order valence-electron chi connectivity index (χ1n) is 8.53. The van der Waals surface area contributed by atoms with Gasteiger partial charge in [0.1, 0.15) is 0 Å². The lowest BCUT2D eigenvalue weighted by molar-refractivity contribution is 0.0747. The summed E-state index contributed by atoms with van der Waals surface area (Å²) in [5.74, 6) is 0.830. The summed E-state index contributed by atoms with van der Waals surface area (Å²) in [5, 5.41) is 1.01. The Balaban J connectivity index is 1.55. The predicted octanol–water partition coefficient (Wildman–Crippen LogP) is 2.54. The molecule has 0 bridgehead atoms. The summed E-state index contributed by atoms with van der Waals surface area (Å²) in [6, 6.07) is 8.00. The van der Waals surface area contributed by atoms with Crippen LogP contribution in [0.15, 0.2) is 36.7 Å². The summed E-state index contributed by atoms with van der Waals surface area (Å²) in [5.41, 5.74) is 3.90. The third-order valence-electron chi connectivity index (χ3n) is 4.76. The fourth-order valence-corrected chi connectivity index (χ4v) is 3.44. The Kier molecular flexibility index (Phi) is 3.87. The predicted molar refractivity (Wildman–Crippen MR) is 97.9 cm³/mol. The van der Waals surface area contributed by atoms with E-state index in [2.05, 4.69) is 38.9 Å². The summed E-state index contributed by atoms with van der Waals surface area (Å²) in [6.45, 7) is 6.86. The Bertz CT molecular complexity index is 910. The van der Waals surface area contributed by atoms with Crippen LogP contribution in [-0.2, 0) is 0 Å². The molecule has 128 valence electrons. The van der Waals surface area contributed by atoms with Crippen molar-refractivity contribution in [2.45, 2.75) is 13.8 Å². The van der Waals surface area contributed by atoms with E-state index in [1.165, 1.54) is 0 Å². The maximum atomic E-state index is 13.1. The number of aromatic amines is 1. The molecular weight excluding hydrogens is 314 g/mol. The molecule has 1 aliphatic rings. The van der Waals surface area contributed by atoms with Crippen molar-refractivity contribution in [3.05, 3.63) is 53.5 Å². The number of carbonyl (C=O) groups is 1. The number of fused-ring (bicyclic) bond motifs is 1. The van der Waals surface area contributed by atoms with Crippen LogP contribution in [0.3, 0.4) is 0 Å². The topological polar surface area (TPSA) is 65.1 Å². The molecule has 0 unspecified atom stereocenters. The third kappa shape index (κ3) is 2.84. The second-order valence-electron chi connectivity index (χ2n) is 6.50. The van der Waals surface area contributed by atoms with Crippen LogP contribution in [0.1, 0.15) is 21.6 Å². The highest BCUT2D eigenvalue weighted by atomic mass is 16.2. The van der Waals surface area contributed by atoms with E-state index in [0.717, 1.165) is 46.8 Å². The van der Waals surface area contributed by atoms with Crippen molar-refractivity contribution in [2.75, 3.05) is 31.1 Å². The number of aromatic nitrogens is 3. The van der Waals surface area contributed by atoms with Gasteiger partial charge >= 0.3 is 0 Å². The average Bonchev–Trinajstić information content (AvgIpc) is 2.97. The zero-order valence-corrected chi connectivity index (χ0v) is 14.5. The van der Waals surface area contributed by atoms with Crippen molar-refractivity contribution in [3.63, 3.8) is 0 Å². The van der Waals surface area contributed by atoms with Gasteiger partial charge in [0.25, 0.3) is 5.91 Å². The number of aryl methyl sites for hydroxylation is 2. The second kappa shape index (κ2) is 6.20. The van der Waals surface area contributed by atoms with Gasteiger partial charge in [0.05, 0.1) is 5.56 Å². The Morgan fingerprint density at radius 1 is 1.08 bits per heavy atom. The normalized spacial score (nSPS) is 15.0. The molecule has 1 amide bonds. The first-order chi connectivity index (χ1) is 12.1.